The van der Waals surface area contributed by atoms with E-state index in [0.717, 1.165) is 0 Å². The Morgan fingerprint density at radius 3 is 1.79 bits per heavy atom. The van der Waals surface area contributed by atoms with Crippen LogP contribution < -0.4 is 0 Å². The minimum atomic E-state index is -1.74. The van der Waals surface area contributed by atoms with Crippen LogP contribution in [-0.4, -0.2) is 167 Å². The van der Waals surface area contributed by atoms with E-state index in [-0.39, 0.29) is 6.29 Å². The lowest BCUT2D eigenvalue weighted by atomic mass is 9.98. The third-order valence-corrected chi connectivity index (χ3v) is 5.29. The van der Waals surface area contributed by atoms with Gasteiger partial charge in [-0.25, -0.2) is 0 Å². The summed E-state index contributed by atoms with van der Waals surface area (Å²) in [5, 5.41) is 111. The minimum absolute atomic E-state index is 0.0935. The third kappa shape index (κ3) is 7.79. The Hall–Kier alpha value is -0.930. The number of hydrogen-bond acceptors (Lipinski definition) is 16. The number of hydrogen-bond donors (Lipinski definition) is 12. The number of rotatable bonds is 8. The van der Waals surface area contributed by atoms with Crippen LogP contribution in [0.25, 0.3) is 0 Å². The van der Waals surface area contributed by atoms with Gasteiger partial charge in [0, 0.05) is 0 Å². The van der Waals surface area contributed by atoms with Crippen LogP contribution in [0.4, 0.5) is 0 Å². The fraction of sp³-hybridized carbons (Fsp3) is 0.944. The van der Waals surface area contributed by atoms with Gasteiger partial charge in [-0.15, -0.1) is 0 Å². The Balaban J connectivity index is 0.000000445. The molecule has 0 aliphatic carbocycles. The van der Waals surface area contributed by atoms with Crippen LogP contribution in [0.15, 0.2) is 0 Å². The minimum Gasteiger partial charge on any atom is -0.394 e. The van der Waals surface area contributed by atoms with Crippen molar-refractivity contribution in [2.45, 2.75) is 92.8 Å². The quantitative estimate of drug-likeness (QED) is 0.136. The highest BCUT2D eigenvalue weighted by Gasteiger charge is 2.46. The standard InChI is InChI=1S/C12H22O11.C6H12O5/c13-1-3-5(14)8(17)10(19)12(23-3)21-2-4-6(15)7(16)9(18)11(20)22-4;1-3(8)5(10)6(11)4(9)2-7/h3-20H,1-2H2;2-6,8-11H,1H3/t3-,4-,5+,6-,7+,8+,9-,10-,11-,12+;3-,4-,5-,6-/m10/s1. The van der Waals surface area contributed by atoms with Gasteiger partial charge in [-0.3, -0.25) is 0 Å². The van der Waals surface area contributed by atoms with Crippen molar-refractivity contribution in [3.8, 4) is 0 Å². The van der Waals surface area contributed by atoms with Gasteiger partial charge in [-0.1, -0.05) is 0 Å². The lowest BCUT2D eigenvalue weighted by Gasteiger charge is -2.41. The molecule has 12 N–H and O–H groups in total. The average molecular weight is 506 g/mol. The average Bonchev–Trinajstić information content (AvgIpc) is 2.82. The van der Waals surface area contributed by atoms with E-state index in [9.17, 15) is 40.5 Å². The predicted octanol–water partition coefficient (Wildman–Crippen LogP) is -7.75. The molecule has 2 saturated heterocycles. The lowest BCUT2D eigenvalue weighted by Crippen LogP contribution is -2.61. The third-order valence-electron chi connectivity index (χ3n) is 5.29. The van der Waals surface area contributed by atoms with E-state index in [1.165, 1.54) is 6.92 Å². The number of carbonyl (C=O) groups excluding carboxylic acids is 1. The van der Waals surface area contributed by atoms with Crippen molar-refractivity contribution < 1.29 is 80.3 Å². The molecule has 16 nitrogen and oxygen atoms in total. The van der Waals surface area contributed by atoms with Crippen molar-refractivity contribution in [1.82, 2.24) is 0 Å². The summed E-state index contributed by atoms with van der Waals surface area (Å²) in [6.45, 7) is 0.146. The maximum absolute atomic E-state index is 9.87. The highest BCUT2D eigenvalue weighted by molar-refractivity contribution is 5.56. The zero-order chi connectivity index (χ0) is 26.3. The summed E-state index contributed by atoms with van der Waals surface area (Å²) in [6.07, 6.45) is -21.2. The highest BCUT2D eigenvalue weighted by atomic mass is 16.7. The summed E-state index contributed by atoms with van der Waals surface area (Å²) in [6, 6.07) is 0. The number of ether oxygens (including phenoxy) is 3. The Labute approximate surface area is 193 Å². The van der Waals surface area contributed by atoms with Crippen LogP contribution in [0, 0.1) is 0 Å². The molecule has 0 amide bonds. The smallest absolute Gasteiger partial charge is 0.186 e. The predicted molar refractivity (Wildman–Crippen MR) is 104 cm³/mol. The lowest BCUT2D eigenvalue weighted by molar-refractivity contribution is -0.325. The van der Waals surface area contributed by atoms with Gasteiger partial charge in [0.1, 0.15) is 67.1 Å². The van der Waals surface area contributed by atoms with E-state index in [4.69, 9.17) is 39.7 Å². The Bertz CT molecular complexity index is 592. The summed E-state index contributed by atoms with van der Waals surface area (Å²) in [5.41, 5.74) is 0. The molecular formula is C18H34O16. The Morgan fingerprint density at radius 2 is 1.29 bits per heavy atom. The molecule has 0 radical (unpaired) electrons. The van der Waals surface area contributed by atoms with Crippen LogP contribution in [0.5, 0.6) is 0 Å². The molecule has 0 aromatic heterocycles. The first-order valence-corrected chi connectivity index (χ1v) is 10.3. The van der Waals surface area contributed by atoms with E-state index in [1.807, 2.05) is 0 Å². The normalized spacial score (nSPS) is 42.0. The first-order chi connectivity index (χ1) is 15.8. The number of carbonyl (C=O) groups is 1. The molecule has 14 atom stereocenters. The van der Waals surface area contributed by atoms with Crippen LogP contribution in [0.3, 0.4) is 0 Å². The molecule has 0 spiro atoms. The van der Waals surface area contributed by atoms with E-state index in [1.54, 1.807) is 0 Å². The van der Waals surface area contributed by atoms with E-state index < -0.39 is 99.0 Å². The van der Waals surface area contributed by atoms with Crippen molar-refractivity contribution in [3.63, 3.8) is 0 Å². The summed E-state index contributed by atoms with van der Waals surface area (Å²) >= 11 is 0. The molecule has 202 valence electrons. The van der Waals surface area contributed by atoms with Crippen molar-refractivity contribution in [2.24, 2.45) is 0 Å². The summed E-state index contributed by atoms with van der Waals surface area (Å²) in [7, 11) is 0. The molecule has 0 saturated carbocycles. The monoisotopic (exact) mass is 506 g/mol. The molecule has 0 bridgehead atoms. The van der Waals surface area contributed by atoms with Gasteiger partial charge in [0.15, 0.2) is 18.9 Å². The second kappa shape index (κ2) is 14.0. The van der Waals surface area contributed by atoms with Crippen LogP contribution >= 0.6 is 0 Å². The van der Waals surface area contributed by atoms with E-state index in [2.05, 4.69) is 0 Å². The highest BCUT2D eigenvalue weighted by Crippen LogP contribution is 2.24. The first-order valence-electron chi connectivity index (χ1n) is 10.3. The molecule has 2 aliphatic heterocycles. The van der Waals surface area contributed by atoms with Gasteiger partial charge >= 0.3 is 0 Å². The summed E-state index contributed by atoms with van der Waals surface area (Å²) < 4.78 is 15.1. The van der Waals surface area contributed by atoms with Gasteiger partial charge < -0.3 is 80.3 Å². The van der Waals surface area contributed by atoms with Crippen molar-refractivity contribution >= 4 is 6.29 Å². The maximum Gasteiger partial charge on any atom is 0.186 e. The topological polar surface area (TPSA) is 288 Å². The second-order valence-corrected chi connectivity index (χ2v) is 7.92. The zero-order valence-electron chi connectivity index (χ0n) is 18.1. The van der Waals surface area contributed by atoms with Gasteiger partial charge in [-0.05, 0) is 6.92 Å². The SMILES string of the molecule is C[C@H](O)[C@H](O)[C@@H](O)[C@@H](O)C=O.OC[C@H]1O[C@H](OC[C@H]2O[C@@H](O)[C@H](O)[C@@H](O)[C@@H]2O)[C@H](O)[C@@H](O)[C@H]1O. The molecule has 34 heavy (non-hydrogen) atoms. The fourth-order valence-electron chi connectivity index (χ4n) is 3.03. The van der Waals surface area contributed by atoms with Crippen molar-refractivity contribution in [3.05, 3.63) is 0 Å². The molecule has 0 unspecified atom stereocenters. The number of aliphatic hydroxyl groups excluding tert-OH is 12. The van der Waals surface area contributed by atoms with Crippen LogP contribution in [0.2, 0.25) is 0 Å². The number of aliphatic hydroxyl groups is 12. The van der Waals surface area contributed by atoms with E-state index in [0.29, 0.717) is 0 Å². The van der Waals surface area contributed by atoms with Crippen molar-refractivity contribution in [1.29, 1.82) is 0 Å². The molecule has 2 heterocycles. The fourth-order valence-corrected chi connectivity index (χ4v) is 3.03. The molecule has 0 aromatic rings. The van der Waals surface area contributed by atoms with Gasteiger partial charge in [0.2, 0.25) is 0 Å². The first kappa shape index (κ1) is 31.1. The van der Waals surface area contributed by atoms with E-state index >= 15 is 0 Å². The Morgan fingerprint density at radius 1 is 0.765 bits per heavy atom. The van der Waals surface area contributed by atoms with Crippen LogP contribution in [0.1, 0.15) is 6.92 Å². The zero-order valence-corrected chi connectivity index (χ0v) is 18.1. The van der Waals surface area contributed by atoms with Gasteiger partial charge in [-0.2, -0.15) is 0 Å². The van der Waals surface area contributed by atoms with Crippen LogP contribution in [-0.2, 0) is 19.0 Å². The van der Waals surface area contributed by atoms with Crippen molar-refractivity contribution in [2.75, 3.05) is 13.2 Å². The van der Waals surface area contributed by atoms with Gasteiger partial charge in [0.25, 0.3) is 0 Å². The summed E-state index contributed by atoms with van der Waals surface area (Å²) in [4.78, 5) is 9.87. The molecule has 2 fully saturated rings. The number of aldehydes is 1. The largest absolute Gasteiger partial charge is 0.394 e. The maximum atomic E-state index is 9.87. The molecule has 16 heteroatoms. The molecule has 2 rings (SSSR count). The molecule has 2 aliphatic rings. The van der Waals surface area contributed by atoms with Gasteiger partial charge in [0.05, 0.1) is 19.3 Å². The molecular weight excluding hydrogens is 472 g/mol. The molecule has 0 aromatic carbocycles. The Kier molecular flexibility index (Phi) is 12.8. The summed E-state index contributed by atoms with van der Waals surface area (Å²) in [5.74, 6) is 0. The second-order valence-electron chi connectivity index (χ2n) is 7.92.